The van der Waals surface area contributed by atoms with Crippen LogP contribution in [0.3, 0.4) is 0 Å². The molecule has 3 rings (SSSR count). The molecule has 0 aromatic heterocycles. The molecule has 0 unspecified atom stereocenters. The van der Waals surface area contributed by atoms with Crippen molar-refractivity contribution in [1.29, 1.82) is 0 Å². The Morgan fingerprint density at radius 2 is 1.61 bits per heavy atom. The molecule has 3 aromatic carbocycles. The topological polar surface area (TPSA) is 88.7 Å². The number of hydrogen-bond donors (Lipinski definition) is 3. The van der Waals surface area contributed by atoms with Crippen molar-refractivity contribution in [2.75, 3.05) is 19.5 Å². The van der Waals surface area contributed by atoms with Crippen molar-refractivity contribution in [3.63, 3.8) is 0 Å². The maximum atomic E-state index is 12.8. The molecule has 7 nitrogen and oxygen atoms in total. The number of nitrogens with one attached hydrogen (secondary N) is 3. The molecule has 0 saturated heterocycles. The molecule has 0 saturated carbocycles. The highest BCUT2D eigenvalue weighted by Crippen LogP contribution is 2.28. The molecule has 0 aliphatic carbocycles. The molecule has 0 radical (unpaired) electrons. The van der Waals surface area contributed by atoms with E-state index in [-0.39, 0.29) is 11.8 Å². The molecule has 3 aromatic rings. The largest absolute Gasteiger partial charge is 0.493 e. The van der Waals surface area contributed by atoms with Crippen LogP contribution < -0.4 is 25.6 Å². The Bertz CT molecular complexity index is 1180. The van der Waals surface area contributed by atoms with Gasteiger partial charge in [0.1, 0.15) is 0 Å². The fraction of sp³-hybridized carbons (Fsp3) is 0.200. The summed E-state index contributed by atoms with van der Waals surface area (Å²) in [5.74, 6) is 0.209. The van der Waals surface area contributed by atoms with Gasteiger partial charge in [0, 0.05) is 16.6 Å². The van der Waals surface area contributed by atoms with Gasteiger partial charge in [-0.2, -0.15) is 0 Å². The van der Waals surface area contributed by atoms with E-state index >= 15 is 0 Å². The van der Waals surface area contributed by atoms with E-state index in [9.17, 15) is 9.59 Å². The second-order valence-electron chi connectivity index (χ2n) is 7.44. The number of methoxy groups -OCH3 is 2. The predicted molar refractivity (Wildman–Crippen MR) is 132 cm³/mol. The highest BCUT2D eigenvalue weighted by Gasteiger charge is 2.16. The quantitative estimate of drug-likeness (QED) is 0.379. The normalized spacial score (nSPS) is 10.5. The average molecular weight is 512 g/mol. The summed E-state index contributed by atoms with van der Waals surface area (Å²) in [6.45, 7) is 4.57. The predicted octanol–water partition coefficient (Wildman–Crippen LogP) is 4.77. The number of benzene rings is 3. The second-order valence-corrected chi connectivity index (χ2v) is 8.36. The van der Waals surface area contributed by atoms with Crippen molar-refractivity contribution in [3.8, 4) is 11.5 Å². The smallest absolute Gasteiger partial charge is 0.267 e. The molecule has 3 N–H and O–H groups in total. The van der Waals surface area contributed by atoms with Gasteiger partial charge in [-0.15, -0.1) is 0 Å². The summed E-state index contributed by atoms with van der Waals surface area (Å²) in [6, 6.07) is 16.1. The Kier molecular flexibility index (Phi) is 8.08. The van der Waals surface area contributed by atoms with Crippen molar-refractivity contribution in [3.05, 3.63) is 86.9 Å². The van der Waals surface area contributed by atoms with Gasteiger partial charge in [0.25, 0.3) is 11.8 Å². The van der Waals surface area contributed by atoms with Crippen molar-refractivity contribution < 1.29 is 19.1 Å². The molecule has 0 atom stereocenters. The Labute approximate surface area is 201 Å². The molecule has 8 heteroatoms. The van der Waals surface area contributed by atoms with E-state index in [1.54, 1.807) is 36.4 Å². The van der Waals surface area contributed by atoms with Gasteiger partial charge in [0.15, 0.2) is 11.5 Å². The fourth-order valence-corrected chi connectivity index (χ4v) is 3.55. The number of amides is 2. The van der Waals surface area contributed by atoms with Crippen LogP contribution in [0.25, 0.3) is 0 Å². The SMILES string of the molecule is COc1ccc(C(=O)Nc2ccc(Br)cc2C(=O)NNCc2ccc(C)c(C)c2)cc1OC. The number of hydrogen-bond acceptors (Lipinski definition) is 5. The zero-order valence-electron chi connectivity index (χ0n) is 18.9. The Morgan fingerprint density at radius 1 is 0.848 bits per heavy atom. The minimum Gasteiger partial charge on any atom is -0.493 e. The van der Waals surface area contributed by atoms with Crippen LogP contribution in [-0.2, 0) is 6.54 Å². The summed E-state index contributed by atoms with van der Waals surface area (Å²) >= 11 is 3.39. The highest BCUT2D eigenvalue weighted by molar-refractivity contribution is 9.10. The van der Waals surface area contributed by atoms with Crippen LogP contribution >= 0.6 is 15.9 Å². The van der Waals surface area contributed by atoms with Gasteiger partial charge < -0.3 is 14.8 Å². The van der Waals surface area contributed by atoms with Gasteiger partial charge in [-0.1, -0.05) is 34.1 Å². The molecule has 0 bridgehead atoms. The number of halogens is 1. The van der Waals surface area contributed by atoms with Crippen molar-refractivity contribution in [1.82, 2.24) is 10.9 Å². The highest BCUT2D eigenvalue weighted by atomic mass is 79.9. The minimum atomic E-state index is -0.379. The molecule has 33 heavy (non-hydrogen) atoms. The van der Waals surface area contributed by atoms with Crippen LogP contribution in [0.2, 0.25) is 0 Å². The first kappa shape index (κ1) is 24.3. The molecule has 172 valence electrons. The number of hydrazine groups is 1. The van der Waals surface area contributed by atoms with Crippen LogP contribution in [0.4, 0.5) is 5.69 Å². The Hall–Kier alpha value is -3.36. The summed E-state index contributed by atoms with van der Waals surface area (Å²) in [6.07, 6.45) is 0. The van der Waals surface area contributed by atoms with Crippen LogP contribution in [0.1, 0.15) is 37.4 Å². The first-order valence-electron chi connectivity index (χ1n) is 10.2. The Balaban J connectivity index is 1.72. The van der Waals surface area contributed by atoms with E-state index in [2.05, 4.69) is 45.1 Å². The molecule has 0 fully saturated rings. The van der Waals surface area contributed by atoms with Crippen LogP contribution in [0.5, 0.6) is 11.5 Å². The number of carbonyl (C=O) groups excluding carboxylic acids is 2. The van der Waals surface area contributed by atoms with E-state index in [4.69, 9.17) is 9.47 Å². The molecule has 2 amide bonds. The maximum Gasteiger partial charge on any atom is 0.267 e. The average Bonchev–Trinajstić information content (AvgIpc) is 2.81. The zero-order valence-corrected chi connectivity index (χ0v) is 20.5. The summed E-state index contributed by atoms with van der Waals surface area (Å²) in [5.41, 5.74) is 10.2. The van der Waals surface area contributed by atoms with Crippen molar-refractivity contribution >= 4 is 33.4 Å². The second kappa shape index (κ2) is 11.0. The first-order chi connectivity index (χ1) is 15.8. The van der Waals surface area contributed by atoms with Crippen LogP contribution in [0, 0.1) is 13.8 Å². The number of rotatable bonds is 8. The van der Waals surface area contributed by atoms with E-state index in [0.29, 0.717) is 39.3 Å². The lowest BCUT2D eigenvalue weighted by Crippen LogP contribution is -2.37. The number of carbonyl (C=O) groups is 2. The number of anilines is 1. The van der Waals surface area contributed by atoms with Gasteiger partial charge in [-0.05, 0) is 66.9 Å². The summed E-state index contributed by atoms with van der Waals surface area (Å²) in [7, 11) is 3.03. The van der Waals surface area contributed by atoms with Crippen LogP contribution in [0.15, 0.2) is 59.1 Å². The molecular formula is C25H26BrN3O4. The lowest BCUT2D eigenvalue weighted by atomic mass is 10.1. The lowest BCUT2D eigenvalue weighted by molar-refractivity contribution is 0.0933. The fourth-order valence-electron chi connectivity index (χ4n) is 3.19. The van der Waals surface area contributed by atoms with Crippen molar-refractivity contribution in [2.24, 2.45) is 0 Å². The third kappa shape index (κ3) is 6.12. The van der Waals surface area contributed by atoms with Gasteiger partial charge >= 0.3 is 0 Å². The minimum absolute atomic E-state index is 0.311. The number of aryl methyl sites for hydroxylation is 2. The lowest BCUT2D eigenvalue weighted by Gasteiger charge is -2.14. The van der Waals surface area contributed by atoms with Crippen molar-refractivity contribution in [2.45, 2.75) is 20.4 Å². The first-order valence-corrected chi connectivity index (χ1v) is 11.0. The van der Waals surface area contributed by atoms with E-state index < -0.39 is 0 Å². The van der Waals surface area contributed by atoms with Gasteiger partial charge in [-0.3, -0.25) is 15.0 Å². The van der Waals surface area contributed by atoms with E-state index in [1.165, 1.54) is 25.3 Å². The zero-order chi connectivity index (χ0) is 24.0. The van der Waals surface area contributed by atoms with E-state index in [0.717, 1.165) is 5.56 Å². The summed E-state index contributed by atoms with van der Waals surface area (Å²) in [5, 5.41) is 2.80. The van der Waals surface area contributed by atoms with E-state index in [1.807, 2.05) is 19.1 Å². The molecule has 0 heterocycles. The van der Waals surface area contributed by atoms with Gasteiger partial charge in [-0.25, -0.2) is 5.43 Å². The molecule has 0 aliphatic heterocycles. The summed E-state index contributed by atoms with van der Waals surface area (Å²) in [4.78, 5) is 25.7. The van der Waals surface area contributed by atoms with Gasteiger partial charge in [0.2, 0.25) is 0 Å². The monoisotopic (exact) mass is 511 g/mol. The van der Waals surface area contributed by atoms with Gasteiger partial charge in [0.05, 0.1) is 25.5 Å². The number of ether oxygens (including phenoxy) is 2. The maximum absolute atomic E-state index is 12.8. The standard InChI is InChI=1S/C25H26BrN3O4/c1-15-5-6-17(11-16(15)2)14-27-29-25(31)20-13-19(26)8-9-21(20)28-24(30)18-7-10-22(32-3)23(12-18)33-4/h5-13,27H,14H2,1-4H3,(H,28,30)(H,29,31). The molecule has 0 spiro atoms. The Morgan fingerprint density at radius 3 is 2.30 bits per heavy atom. The summed E-state index contributed by atoms with van der Waals surface area (Å²) < 4.78 is 11.2. The molecular weight excluding hydrogens is 486 g/mol. The van der Waals surface area contributed by atoms with Crippen LogP contribution in [-0.4, -0.2) is 26.0 Å². The molecule has 0 aliphatic rings. The third-order valence-electron chi connectivity index (χ3n) is 5.19. The third-order valence-corrected chi connectivity index (χ3v) is 5.68.